The first-order chi connectivity index (χ1) is 21.6. The second-order valence-electron chi connectivity index (χ2n) is 12.7. The summed E-state index contributed by atoms with van der Waals surface area (Å²) in [7, 11) is 0. The first-order valence-electron chi connectivity index (χ1n) is 15.4. The minimum absolute atomic E-state index is 0.119. The number of rotatable bonds is 12. The van der Waals surface area contributed by atoms with Crippen LogP contribution in [0.1, 0.15) is 101 Å². The number of carboxylic acid groups (broad SMARTS) is 3. The van der Waals surface area contributed by atoms with Crippen LogP contribution in [0.3, 0.4) is 0 Å². The zero-order chi connectivity index (χ0) is 37.0. The third kappa shape index (κ3) is 20.3. The van der Waals surface area contributed by atoms with Gasteiger partial charge >= 0.3 is 17.9 Å². The predicted octanol–water partition coefficient (Wildman–Crippen LogP) is 7.82. The zero-order valence-electron chi connectivity index (χ0n) is 29.6. The van der Waals surface area contributed by atoms with Gasteiger partial charge in [-0.05, 0) is 70.9 Å². The SMILES string of the molecule is C=COCCOC=C.CCC(=O)O.Cc1cc(CCC(=O)O)cc(C(C)(C)C)c1O.Cc1cc(CCC(=O)O)cc(C(C)(C)C)c1O. The van der Waals surface area contributed by atoms with E-state index in [4.69, 9.17) is 24.8 Å². The van der Waals surface area contributed by atoms with Crippen LogP contribution in [0.2, 0.25) is 0 Å². The maximum atomic E-state index is 10.6. The maximum Gasteiger partial charge on any atom is 0.303 e. The highest BCUT2D eigenvalue weighted by molar-refractivity contribution is 5.67. The van der Waals surface area contributed by atoms with E-state index in [0.717, 1.165) is 33.4 Å². The molecule has 0 atom stereocenters. The van der Waals surface area contributed by atoms with Crippen molar-refractivity contribution in [2.24, 2.45) is 0 Å². The van der Waals surface area contributed by atoms with E-state index in [1.807, 2.05) is 79.7 Å². The van der Waals surface area contributed by atoms with E-state index < -0.39 is 17.9 Å². The van der Waals surface area contributed by atoms with Crippen LogP contribution in [0.4, 0.5) is 0 Å². The van der Waals surface area contributed by atoms with Gasteiger partial charge in [-0.15, -0.1) is 0 Å². The number of hydrogen-bond acceptors (Lipinski definition) is 7. The number of hydrogen-bond donors (Lipinski definition) is 5. The van der Waals surface area contributed by atoms with Gasteiger partial charge in [-0.25, -0.2) is 0 Å². The Hall–Kier alpha value is -4.47. The van der Waals surface area contributed by atoms with Gasteiger partial charge in [0.25, 0.3) is 0 Å². The molecular formula is C37H56O10. The van der Waals surface area contributed by atoms with Gasteiger partial charge in [-0.2, -0.15) is 0 Å². The molecule has 0 aliphatic heterocycles. The Morgan fingerprint density at radius 3 is 1.17 bits per heavy atom. The Balaban J connectivity index is 0. The fraction of sp³-hybridized carbons (Fsp3) is 0.486. The van der Waals surface area contributed by atoms with Crippen LogP contribution in [0, 0.1) is 13.8 Å². The average Bonchev–Trinajstić information content (AvgIpc) is 2.96. The molecule has 0 saturated carbocycles. The Morgan fingerprint density at radius 2 is 0.957 bits per heavy atom. The quantitative estimate of drug-likeness (QED) is 0.112. The molecule has 264 valence electrons. The number of aliphatic carboxylic acids is 3. The molecule has 0 fully saturated rings. The molecule has 5 N–H and O–H groups in total. The average molecular weight is 661 g/mol. The number of carbonyl (C=O) groups is 3. The molecule has 0 aromatic heterocycles. The number of ether oxygens (including phenoxy) is 2. The lowest BCUT2D eigenvalue weighted by Crippen LogP contribution is -2.12. The normalized spacial score (nSPS) is 10.4. The van der Waals surface area contributed by atoms with Crippen molar-refractivity contribution in [1.82, 2.24) is 0 Å². The summed E-state index contributed by atoms with van der Waals surface area (Å²) in [6, 6.07) is 7.53. The largest absolute Gasteiger partial charge is 0.507 e. The van der Waals surface area contributed by atoms with Crippen molar-refractivity contribution in [1.29, 1.82) is 0 Å². The molecule has 0 unspecified atom stereocenters. The minimum atomic E-state index is -0.798. The second-order valence-corrected chi connectivity index (χ2v) is 12.7. The summed E-state index contributed by atoms with van der Waals surface area (Å²) < 4.78 is 9.45. The lowest BCUT2D eigenvalue weighted by molar-refractivity contribution is -0.138. The van der Waals surface area contributed by atoms with Crippen LogP contribution < -0.4 is 0 Å². The van der Waals surface area contributed by atoms with Crippen LogP contribution >= 0.6 is 0 Å². The Morgan fingerprint density at radius 1 is 0.660 bits per heavy atom. The predicted molar refractivity (Wildman–Crippen MR) is 185 cm³/mol. The molecule has 2 aromatic carbocycles. The third-order valence-corrected chi connectivity index (χ3v) is 6.45. The number of phenols is 2. The van der Waals surface area contributed by atoms with E-state index >= 15 is 0 Å². The van der Waals surface area contributed by atoms with Gasteiger partial charge < -0.3 is 35.0 Å². The molecule has 0 radical (unpaired) electrons. The van der Waals surface area contributed by atoms with Gasteiger partial charge in [0.1, 0.15) is 24.7 Å². The van der Waals surface area contributed by atoms with Crippen molar-refractivity contribution in [3.05, 3.63) is 83.3 Å². The number of aryl methyl sites for hydroxylation is 4. The molecule has 10 heteroatoms. The molecule has 10 nitrogen and oxygen atoms in total. The van der Waals surface area contributed by atoms with Crippen molar-refractivity contribution in [2.45, 2.75) is 105 Å². The lowest BCUT2D eigenvalue weighted by Gasteiger charge is -2.22. The second kappa shape index (κ2) is 22.1. The topological polar surface area (TPSA) is 171 Å². The van der Waals surface area contributed by atoms with Crippen LogP contribution in [-0.2, 0) is 47.5 Å². The smallest absolute Gasteiger partial charge is 0.303 e. The molecule has 0 aliphatic carbocycles. The van der Waals surface area contributed by atoms with E-state index in [1.54, 1.807) is 6.92 Å². The summed E-state index contributed by atoms with van der Waals surface area (Å²) in [5, 5.41) is 45.1. The molecule has 0 saturated heterocycles. The van der Waals surface area contributed by atoms with Gasteiger partial charge in [0.05, 0.1) is 12.5 Å². The van der Waals surface area contributed by atoms with Crippen LogP contribution in [0.5, 0.6) is 11.5 Å². The summed E-state index contributed by atoms with van der Waals surface area (Å²) in [4.78, 5) is 30.5. The Labute approximate surface area is 280 Å². The van der Waals surface area contributed by atoms with Crippen molar-refractivity contribution in [3.8, 4) is 11.5 Å². The summed E-state index contributed by atoms with van der Waals surface area (Å²) in [6.45, 7) is 25.2. The summed E-state index contributed by atoms with van der Waals surface area (Å²) >= 11 is 0. The van der Waals surface area contributed by atoms with Crippen molar-refractivity contribution in [2.75, 3.05) is 13.2 Å². The van der Waals surface area contributed by atoms with Crippen molar-refractivity contribution in [3.63, 3.8) is 0 Å². The van der Waals surface area contributed by atoms with Crippen molar-refractivity contribution >= 4 is 17.9 Å². The highest BCUT2D eigenvalue weighted by Gasteiger charge is 2.21. The van der Waals surface area contributed by atoms with Crippen LogP contribution in [0.15, 0.2) is 49.9 Å². The molecule has 0 amide bonds. The maximum absolute atomic E-state index is 10.6. The van der Waals surface area contributed by atoms with E-state index in [0.29, 0.717) is 37.6 Å². The zero-order valence-corrected chi connectivity index (χ0v) is 29.6. The molecule has 0 bridgehead atoms. The number of benzene rings is 2. The van der Waals surface area contributed by atoms with Gasteiger partial charge in [0, 0.05) is 19.3 Å². The van der Waals surface area contributed by atoms with E-state index in [9.17, 15) is 24.6 Å². The first kappa shape index (κ1) is 44.7. The summed E-state index contributed by atoms with van der Waals surface area (Å²) in [5.41, 5.74) is 4.99. The van der Waals surface area contributed by atoms with E-state index in [-0.39, 0.29) is 30.1 Å². The Kier molecular flexibility index (Phi) is 21.0. The molecular weight excluding hydrogens is 604 g/mol. The molecule has 0 aliphatic rings. The van der Waals surface area contributed by atoms with Gasteiger partial charge in [-0.3, -0.25) is 14.4 Å². The Bertz CT molecular complexity index is 1200. The van der Waals surface area contributed by atoms with E-state index in [2.05, 4.69) is 13.2 Å². The summed E-state index contributed by atoms with van der Waals surface area (Å²) in [6.07, 6.45) is 4.22. The number of phenolic OH excluding ortho intramolecular Hbond substituents is 2. The molecule has 0 spiro atoms. The molecule has 47 heavy (non-hydrogen) atoms. The molecule has 0 heterocycles. The standard InChI is InChI=1S/2C14H20O3.C6H10O2.C3H6O2/c2*1-9-7-10(5-6-12(15)16)8-11(13(9)17)14(2,3)4;1-3-7-5-6-8-4-2;1-2-3(4)5/h2*7-8,17H,5-6H2,1-4H3,(H,15,16);3-4H,1-2,5-6H2;2H2,1H3,(H,4,5). The monoisotopic (exact) mass is 660 g/mol. The lowest BCUT2D eigenvalue weighted by atomic mass is 9.83. The highest BCUT2D eigenvalue weighted by atomic mass is 16.5. The molecule has 2 rings (SSSR count). The van der Waals surface area contributed by atoms with E-state index in [1.165, 1.54) is 12.5 Å². The van der Waals surface area contributed by atoms with Gasteiger partial charge in [-0.1, -0.05) is 85.9 Å². The van der Waals surface area contributed by atoms with Crippen LogP contribution in [0.25, 0.3) is 0 Å². The third-order valence-electron chi connectivity index (χ3n) is 6.45. The van der Waals surface area contributed by atoms with Crippen LogP contribution in [-0.4, -0.2) is 56.7 Å². The van der Waals surface area contributed by atoms with Crippen molar-refractivity contribution < 1.29 is 49.4 Å². The number of carboxylic acids is 3. The molecule has 2 aromatic rings. The minimum Gasteiger partial charge on any atom is -0.507 e. The van der Waals surface area contributed by atoms with Gasteiger partial charge in [0.2, 0.25) is 0 Å². The highest BCUT2D eigenvalue weighted by Crippen LogP contribution is 2.35. The fourth-order valence-corrected chi connectivity index (χ4v) is 3.91. The summed E-state index contributed by atoms with van der Waals surface area (Å²) in [5.74, 6) is -1.71. The fourth-order valence-electron chi connectivity index (χ4n) is 3.91. The first-order valence-corrected chi connectivity index (χ1v) is 15.4. The van der Waals surface area contributed by atoms with Gasteiger partial charge in [0.15, 0.2) is 0 Å². The number of aromatic hydroxyl groups is 2.